The molecule has 2 atom stereocenters. The lowest BCUT2D eigenvalue weighted by atomic mass is 9.78. The lowest BCUT2D eigenvalue weighted by Crippen LogP contribution is -2.53. The van der Waals surface area contributed by atoms with Crippen LogP contribution in [0.5, 0.6) is 0 Å². The van der Waals surface area contributed by atoms with Crippen molar-refractivity contribution in [2.24, 2.45) is 11.8 Å². The molecule has 3 N–H and O–H groups in total. The lowest BCUT2D eigenvalue weighted by molar-refractivity contribution is -0.122. The van der Waals surface area contributed by atoms with Gasteiger partial charge in [-0.05, 0) is 56.2 Å². The molecule has 1 fully saturated rings. The van der Waals surface area contributed by atoms with Crippen LogP contribution in [0.2, 0.25) is 0 Å². The SMILES string of the molecule is CCc1n[nH]c(C)c1-c1ccc(NC(=O)[C@H](C2CCC(C)CC2)N(CCS(C)=O)C(=O)c2ccn[nH]2)nc1F. The molecule has 2 amide bonds. The van der Waals surface area contributed by atoms with Crippen LogP contribution >= 0.6 is 0 Å². The van der Waals surface area contributed by atoms with Gasteiger partial charge in [0.1, 0.15) is 17.6 Å². The van der Waals surface area contributed by atoms with Gasteiger partial charge in [-0.3, -0.25) is 24.0 Å². The van der Waals surface area contributed by atoms with Gasteiger partial charge in [0.25, 0.3) is 5.91 Å². The van der Waals surface area contributed by atoms with Crippen LogP contribution in [0.25, 0.3) is 11.1 Å². The van der Waals surface area contributed by atoms with E-state index in [1.165, 1.54) is 11.1 Å². The minimum atomic E-state index is -1.17. The number of rotatable bonds is 10. The molecule has 12 heteroatoms. The van der Waals surface area contributed by atoms with Crippen molar-refractivity contribution in [3.05, 3.63) is 47.4 Å². The smallest absolute Gasteiger partial charge is 0.272 e. The van der Waals surface area contributed by atoms with E-state index in [9.17, 15) is 13.8 Å². The summed E-state index contributed by atoms with van der Waals surface area (Å²) in [5.74, 6) is -0.857. The Bertz CT molecular complexity index is 1320. The first-order valence-electron chi connectivity index (χ1n) is 13.3. The van der Waals surface area contributed by atoms with Crippen molar-refractivity contribution in [2.75, 3.05) is 23.9 Å². The summed E-state index contributed by atoms with van der Waals surface area (Å²) in [4.78, 5) is 32.9. The van der Waals surface area contributed by atoms with Crippen molar-refractivity contribution in [3.8, 4) is 11.1 Å². The van der Waals surface area contributed by atoms with Gasteiger partial charge in [0.05, 0.1) is 5.69 Å². The molecule has 0 aliphatic heterocycles. The van der Waals surface area contributed by atoms with Crippen molar-refractivity contribution in [1.29, 1.82) is 0 Å². The van der Waals surface area contributed by atoms with Crippen LogP contribution in [0, 0.1) is 24.7 Å². The van der Waals surface area contributed by atoms with Gasteiger partial charge in [-0.2, -0.15) is 14.6 Å². The van der Waals surface area contributed by atoms with E-state index in [-0.39, 0.29) is 29.7 Å². The van der Waals surface area contributed by atoms with E-state index < -0.39 is 34.6 Å². The zero-order valence-corrected chi connectivity index (χ0v) is 23.6. The Balaban J connectivity index is 1.65. The van der Waals surface area contributed by atoms with Crippen LogP contribution in [-0.2, 0) is 22.0 Å². The molecule has 10 nitrogen and oxygen atoms in total. The topological polar surface area (TPSA) is 137 Å². The van der Waals surface area contributed by atoms with E-state index in [4.69, 9.17) is 0 Å². The summed E-state index contributed by atoms with van der Waals surface area (Å²) in [7, 11) is -1.17. The van der Waals surface area contributed by atoms with Crippen molar-refractivity contribution >= 4 is 28.4 Å². The molecule has 39 heavy (non-hydrogen) atoms. The van der Waals surface area contributed by atoms with Crippen molar-refractivity contribution in [2.45, 2.75) is 58.9 Å². The van der Waals surface area contributed by atoms with Gasteiger partial charge in [0, 0.05) is 52.4 Å². The van der Waals surface area contributed by atoms with Gasteiger partial charge < -0.3 is 10.2 Å². The summed E-state index contributed by atoms with van der Waals surface area (Å²) in [6.07, 6.45) is 7.07. The molecule has 3 heterocycles. The van der Waals surface area contributed by atoms with E-state index >= 15 is 4.39 Å². The maximum atomic E-state index is 15.2. The Morgan fingerprint density at radius 3 is 2.56 bits per heavy atom. The number of aromatic amines is 2. The molecule has 3 aromatic heterocycles. The summed E-state index contributed by atoms with van der Waals surface area (Å²) < 4.78 is 27.2. The van der Waals surface area contributed by atoms with Crippen LogP contribution in [0.3, 0.4) is 0 Å². The first kappa shape index (κ1) is 28.6. The highest BCUT2D eigenvalue weighted by Crippen LogP contribution is 2.34. The fourth-order valence-electron chi connectivity index (χ4n) is 5.32. The second-order valence-electron chi connectivity index (χ2n) is 10.3. The molecule has 4 rings (SSSR count). The van der Waals surface area contributed by atoms with Crippen LogP contribution in [0.15, 0.2) is 24.4 Å². The molecule has 210 valence electrons. The Kier molecular flexibility index (Phi) is 9.26. The maximum absolute atomic E-state index is 15.2. The molecular weight excluding hydrogens is 521 g/mol. The molecule has 1 unspecified atom stereocenters. The molecule has 0 radical (unpaired) electrons. The van der Waals surface area contributed by atoms with Crippen LogP contribution in [0.1, 0.15) is 61.4 Å². The highest BCUT2D eigenvalue weighted by Gasteiger charge is 2.39. The molecule has 0 spiro atoms. The highest BCUT2D eigenvalue weighted by atomic mass is 32.2. The van der Waals surface area contributed by atoms with E-state index in [0.717, 1.165) is 37.1 Å². The molecule has 0 saturated heterocycles. The number of anilines is 1. The minimum Gasteiger partial charge on any atom is -0.324 e. The number of halogens is 1. The van der Waals surface area contributed by atoms with Crippen molar-refractivity contribution in [1.82, 2.24) is 30.3 Å². The molecule has 1 aliphatic rings. The number of aromatic nitrogens is 5. The molecule has 1 saturated carbocycles. The van der Waals surface area contributed by atoms with E-state index in [1.807, 2.05) is 13.8 Å². The number of aryl methyl sites for hydroxylation is 2. The Morgan fingerprint density at radius 2 is 1.95 bits per heavy atom. The summed E-state index contributed by atoms with van der Waals surface area (Å²) in [6, 6.07) is 3.85. The number of amides is 2. The average molecular weight is 558 g/mol. The third kappa shape index (κ3) is 6.60. The second-order valence-corrected chi connectivity index (χ2v) is 11.8. The fourth-order valence-corrected chi connectivity index (χ4v) is 5.77. The van der Waals surface area contributed by atoms with E-state index in [2.05, 4.69) is 37.6 Å². The van der Waals surface area contributed by atoms with Crippen LogP contribution < -0.4 is 5.32 Å². The zero-order valence-electron chi connectivity index (χ0n) is 22.8. The quantitative estimate of drug-likeness (QED) is 0.324. The number of nitrogens with one attached hydrogen (secondary N) is 3. The summed E-state index contributed by atoms with van der Waals surface area (Å²) in [6.45, 7) is 6.07. The first-order valence-corrected chi connectivity index (χ1v) is 15.0. The van der Waals surface area contributed by atoms with Gasteiger partial charge in [0.15, 0.2) is 0 Å². The Hall–Kier alpha value is -3.41. The standard InChI is InChI=1S/C27H36FN7O3S/c1-5-20-23(17(3)32-34-20)19-10-11-22(30-25(19)28)31-26(36)24(18-8-6-16(2)7-9-18)35(14-15-39(4)38)27(37)21-12-13-29-33-21/h10-13,16,18,24H,5-9,14-15H2,1-4H3,(H,29,33)(H,32,34)(H,30,31,36)/t16?,18?,24-,39?/m0/s1. The number of hydrogen-bond acceptors (Lipinski definition) is 6. The van der Waals surface area contributed by atoms with Crippen molar-refractivity contribution in [3.63, 3.8) is 0 Å². The summed E-state index contributed by atoms with van der Waals surface area (Å²) in [5.41, 5.74) is 2.68. The summed E-state index contributed by atoms with van der Waals surface area (Å²) >= 11 is 0. The number of nitrogens with zero attached hydrogens (tertiary/aromatic N) is 4. The molecular formula is C27H36FN7O3S. The molecule has 0 aromatic carbocycles. The zero-order chi connectivity index (χ0) is 28.1. The van der Waals surface area contributed by atoms with Crippen LogP contribution in [-0.4, -0.2) is 70.9 Å². The van der Waals surface area contributed by atoms with Crippen molar-refractivity contribution < 1.29 is 18.2 Å². The third-order valence-corrected chi connectivity index (χ3v) is 8.21. The number of hydrogen-bond donors (Lipinski definition) is 3. The summed E-state index contributed by atoms with van der Waals surface area (Å²) in [5, 5.41) is 16.5. The first-order chi connectivity index (χ1) is 18.7. The fraction of sp³-hybridized carbons (Fsp3) is 0.519. The largest absolute Gasteiger partial charge is 0.324 e. The number of carbonyl (C=O) groups is 2. The Labute approximate surface area is 230 Å². The molecule has 1 aliphatic carbocycles. The molecule has 3 aromatic rings. The predicted octanol–water partition coefficient (Wildman–Crippen LogP) is 3.86. The Morgan fingerprint density at radius 1 is 1.21 bits per heavy atom. The number of H-pyrrole nitrogens is 2. The van der Waals surface area contributed by atoms with E-state index in [1.54, 1.807) is 24.5 Å². The second kappa shape index (κ2) is 12.6. The number of pyridine rings is 1. The minimum absolute atomic E-state index is 0.0580. The molecule has 0 bridgehead atoms. The van der Waals surface area contributed by atoms with Gasteiger partial charge in [-0.25, -0.2) is 4.98 Å². The maximum Gasteiger partial charge on any atom is 0.272 e. The van der Waals surface area contributed by atoms with Gasteiger partial charge in [-0.15, -0.1) is 0 Å². The van der Waals surface area contributed by atoms with Crippen LogP contribution in [0.4, 0.5) is 10.2 Å². The average Bonchev–Trinajstić information content (AvgIpc) is 3.57. The monoisotopic (exact) mass is 557 g/mol. The highest BCUT2D eigenvalue weighted by molar-refractivity contribution is 7.84. The van der Waals surface area contributed by atoms with Gasteiger partial charge in [-0.1, -0.05) is 26.7 Å². The van der Waals surface area contributed by atoms with Gasteiger partial charge in [0.2, 0.25) is 11.9 Å². The third-order valence-electron chi connectivity index (χ3n) is 7.45. The van der Waals surface area contributed by atoms with E-state index in [0.29, 0.717) is 23.5 Å². The number of carbonyl (C=O) groups excluding carboxylic acids is 2. The van der Waals surface area contributed by atoms with Gasteiger partial charge >= 0.3 is 0 Å². The normalized spacial score (nSPS) is 18.9. The lowest BCUT2D eigenvalue weighted by Gasteiger charge is -2.38. The predicted molar refractivity (Wildman–Crippen MR) is 148 cm³/mol.